The van der Waals surface area contributed by atoms with Crippen molar-refractivity contribution in [1.82, 2.24) is 5.32 Å². The third-order valence-electron chi connectivity index (χ3n) is 4.26. The van der Waals surface area contributed by atoms with E-state index in [9.17, 15) is 0 Å². The molecule has 1 aromatic heterocycles. The number of fused-ring (bicyclic) bond motifs is 1. The van der Waals surface area contributed by atoms with Crippen molar-refractivity contribution in [3.63, 3.8) is 0 Å². The normalized spacial score (nSPS) is 17.8. The zero-order valence-corrected chi connectivity index (χ0v) is 13.7. The van der Waals surface area contributed by atoms with Crippen LogP contribution in [-0.4, -0.2) is 12.6 Å². The van der Waals surface area contributed by atoms with Crippen LogP contribution in [0.25, 0.3) is 0 Å². The Labute approximate surface area is 131 Å². The molecule has 0 spiro atoms. The van der Waals surface area contributed by atoms with E-state index in [0.29, 0.717) is 6.04 Å². The lowest BCUT2D eigenvalue weighted by atomic mass is 9.96. The molecule has 1 atom stereocenters. The van der Waals surface area contributed by atoms with Gasteiger partial charge in [-0.2, -0.15) is 0 Å². The number of para-hydroxylation sites is 1. The van der Waals surface area contributed by atoms with Crippen molar-refractivity contribution in [3.05, 3.63) is 51.7 Å². The average molecular weight is 300 g/mol. The Morgan fingerprint density at radius 3 is 2.86 bits per heavy atom. The van der Waals surface area contributed by atoms with Crippen LogP contribution in [0.4, 0.5) is 5.69 Å². The van der Waals surface area contributed by atoms with Gasteiger partial charge in [-0.25, -0.2) is 0 Å². The lowest BCUT2D eigenvalue weighted by molar-refractivity contribution is 0.562. The largest absolute Gasteiger partial charge is 0.363 e. The van der Waals surface area contributed by atoms with E-state index in [0.717, 1.165) is 19.6 Å². The number of aryl methyl sites for hydroxylation is 1. The van der Waals surface area contributed by atoms with Crippen molar-refractivity contribution in [2.24, 2.45) is 0 Å². The van der Waals surface area contributed by atoms with Gasteiger partial charge >= 0.3 is 0 Å². The molecule has 0 saturated carbocycles. The van der Waals surface area contributed by atoms with Gasteiger partial charge in [-0.05, 0) is 50.1 Å². The van der Waals surface area contributed by atoms with Gasteiger partial charge in [-0.15, -0.1) is 11.3 Å². The van der Waals surface area contributed by atoms with Gasteiger partial charge in [0.15, 0.2) is 0 Å². The topological polar surface area (TPSA) is 15.3 Å². The second-order valence-corrected chi connectivity index (χ2v) is 7.05. The van der Waals surface area contributed by atoms with E-state index in [-0.39, 0.29) is 0 Å². The van der Waals surface area contributed by atoms with E-state index >= 15 is 0 Å². The molecule has 3 rings (SSSR count). The fourth-order valence-electron chi connectivity index (χ4n) is 3.02. The predicted octanol–water partition coefficient (Wildman–Crippen LogP) is 4.20. The second-order valence-electron chi connectivity index (χ2n) is 5.79. The van der Waals surface area contributed by atoms with E-state index in [1.54, 1.807) is 0 Å². The highest BCUT2D eigenvalue weighted by Crippen LogP contribution is 2.32. The molecule has 1 N–H and O–H groups in total. The van der Waals surface area contributed by atoms with Crippen molar-refractivity contribution in [2.75, 3.05) is 11.4 Å². The molecule has 0 fully saturated rings. The Balaban J connectivity index is 1.76. The predicted molar refractivity (Wildman–Crippen MR) is 92.1 cm³/mol. The zero-order chi connectivity index (χ0) is 14.7. The lowest BCUT2D eigenvalue weighted by Crippen LogP contribution is -2.36. The molecular formula is C18H24N2S. The highest BCUT2D eigenvalue weighted by molar-refractivity contribution is 7.12. The first kappa shape index (κ1) is 14.6. The highest BCUT2D eigenvalue weighted by Gasteiger charge is 2.22. The number of nitrogens with zero attached hydrogens (tertiary/aromatic N) is 1. The molecule has 0 amide bonds. The number of benzene rings is 1. The standard InChI is InChI=1S/C18H24N2S/c1-3-19-12-16-10-11-17(21-16)13-20-14(2)8-9-15-6-4-5-7-18(15)20/h4-7,10-11,14,19H,3,8-9,12-13H2,1-2H3. The van der Waals surface area contributed by atoms with E-state index in [4.69, 9.17) is 0 Å². The van der Waals surface area contributed by atoms with Crippen LogP contribution in [0.1, 0.15) is 35.6 Å². The first-order chi connectivity index (χ1) is 10.3. The van der Waals surface area contributed by atoms with Gasteiger partial charge in [0.2, 0.25) is 0 Å². The molecule has 1 aromatic carbocycles. The second kappa shape index (κ2) is 6.63. The van der Waals surface area contributed by atoms with Crippen LogP contribution < -0.4 is 10.2 Å². The minimum absolute atomic E-state index is 0.624. The van der Waals surface area contributed by atoms with Crippen molar-refractivity contribution in [3.8, 4) is 0 Å². The number of nitrogens with one attached hydrogen (secondary N) is 1. The highest BCUT2D eigenvalue weighted by atomic mass is 32.1. The summed E-state index contributed by atoms with van der Waals surface area (Å²) in [4.78, 5) is 5.47. The summed E-state index contributed by atoms with van der Waals surface area (Å²) in [6, 6.07) is 14.1. The maximum atomic E-state index is 3.40. The monoisotopic (exact) mass is 300 g/mol. The Morgan fingerprint density at radius 2 is 2.00 bits per heavy atom. The molecular weight excluding hydrogens is 276 g/mol. The van der Waals surface area contributed by atoms with Crippen LogP contribution in [0.2, 0.25) is 0 Å². The fourth-order valence-corrected chi connectivity index (χ4v) is 4.01. The van der Waals surface area contributed by atoms with Crippen molar-refractivity contribution in [1.29, 1.82) is 0 Å². The van der Waals surface area contributed by atoms with Crippen LogP contribution in [-0.2, 0) is 19.5 Å². The smallest absolute Gasteiger partial charge is 0.0526 e. The van der Waals surface area contributed by atoms with Gasteiger partial charge in [-0.3, -0.25) is 0 Å². The number of hydrogen-bond acceptors (Lipinski definition) is 3. The molecule has 21 heavy (non-hydrogen) atoms. The molecule has 2 nitrogen and oxygen atoms in total. The van der Waals surface area contributed by atoms with Crippen molar-refractivity contribution < 1.29 is 0 Å². The summed E-state index contributed by atoms with van der Waals surface area (Å²) >= 11 is 1.94. The minimum Gasteiger partial charge on any atom is -0.363 e. The van der Waals surface area contributed by atoms with Gasteiger partial charge in [0, 0.05) is 28.0 Å². The van der Waals surface area contributed by atoms with E-state index < -0.39 is 0 Å². The van der Waals surface area contributed by atoms with Crippen LogP contribution >= 0.6 is 11.3 Å². The maximum absolute atomic E-state index is 3.40. The third-order valence-corrected chi connectivity index (χ3v) is 5.33. The van der Waals surface area contributed by atoms with E-state index in [1.807, 2.05) is 11.3 Å². The van der Waals surface area contributed by atoms with Crippen molar-refractivity contribution >= 4 is 17.0 Å². The molecule has 0 radical (unpaired) electrons. The minimum atomic E-state index is 0.624. The third kappa shape index (κ3) is 3.30. The van der Waals surface area contributed by atoms with Crippen LogP contribution in [0.15, 0.2) is 36.4 Å². The summed E-state index contributed by atoms with van der Waals surface area (Å²) in [5.74, 6) is 0. The summed E-state index contributed by atoms with van der Waals surface area (Å²) in [6.45, 7) is 7.57. The molecule has 0 bridgehead atoms. The fraction of sp³-hybridized carbons (Fsp3) is 0.444. The summed E-state index contributed by atoms with van der Waals surface area (Å²) in [5.41, 5.74) is 2.93. The Bertz CT molecular complexity index is 590. The molecule has 2 heterocycles. The Kier molecular flexibility index (Phi) is 4.61. The summed E-state index contributed by atoms with van der Waals surface area (Å²) in [5, 5.41) is 3.40. The number of hydrogen-bond donors (Lipinski definition) is 1. The SMILES string of the molecule is CCNCc1ccc(CN2c3ccccc3CCC2C)s1. The van der Waals surface area contributed by atoms with Gasteiger partial charge in [0.05, 0.1) is 6.54 Å². The number of anilines is 1. The number of rotatable bonds is 5. The summed E-state index contributed by atoms with van der Waals surface area (Å²) in [6.07, 6.45) is 2.47. The summed E-state index contributed by atoms with van der Waals surface area (Å²) in [7, 11) is 0. The van der Waals surface area contributed by atoms with Crippen LogP contribution in [0.3, 0.4) is 0 Å². The molecule has 3 heteroatoms. The van der Waals surface area contributed by atoms with E-state index in [1.165, 1.54) is 33.8 Å². The van der Waals surface area contributed by atoms with Crippen LogP contribution in [0, 0.1) is 0 Å². The molecule has 0 saturated heterocycles. The number of thiophene rings is 1. The molecule has 2 aromatic rings. The van der Waals surface area contributed by atoms with Crippen LogP contribution in [0.5, 0.6) is 0 Å². The van der Waals surface area contributed by atoms with Gasteiger partial charge in [0.25, 0.3) is 0 Å². The van der Waals surface area contributed by atoms with Gasteiger partial charge in [0.1, 0.15) is 0 Å². The van der Waals surface area contributed by atoms with Gasteiger partial charge in [-0.1, -0.05) is 25.1 Å². The van der Waals surface area contributed by atoms with Gasteiger partial charge < -0.3 is 10.2 Å². The maximum Gasteiger partial charge on any atom is 0.0526 e. The molecule has 112 valence electrons. The molecule has 1 unspecified atom stereocenters. The lowest BCUT2D eigenvalue weighted by Gasteiger charge is -2.36. The zero-order valence-electron chi connectivity index (χ0n) is 12.9. The molecule has 1 aliphatic heterocycles. The Hall–Kier alpha value is -1.32. The van der Waals surface area contributed by atoms with E-state index in [2.05, 4.69) is 60.5 Å². The average Bonchev–Trinajstić information content (AvgIpc) is 2.96. The summed E-state index contributed by atoms with van der Waals surface area (Å²) < 4.78 is 0. The first-order valence-corrected chi connectivity index (χ1v) is 8.72. The molecule has 0 aliphatic carbocycles. The Morgan fingerprint density at radius 1 is 1.19 bits per heavy atom. The molecule has 1 aliphatic rings. The first-order valence-electron chi connectivity index (χ1n) is 7.90. The quantitative estimate of drug-likeness (QED) is 0.890. The van der Waals surface area contributed by atoms with Crippen molar-refractivity contribution in [2.45, 2.75) is 45.8 Å².